The number of esters is 2. The van der Waals surface area contributed by atoms with Crippen LogP contribution in [0.15, 0.2) is 60.8 Å². The summed E-state index contributed by atoms with van der Waals surface area (Å²) in [6.45, 7) is 2.33. The van der Waals surface area contributed by atoms with Crippen LogP contribution in [0.1, 0.15) is 219 Å². The lowest BCUT2D eigenvalue weighted by Crippen LogP contribution is -2.29. The fraction of sp³-hybridized carbons (Fsp3) is 0.769. The van der Waals surface area contributed by atoms with Crippen LogP contribution in [0, 0.1) is 0 Å². The first-order valence-corrected chi connectivity index (χ1v) is 26.7. The Kier molecular flexibility index (Phi) is 45.9. The lowest BCUT2D eigenvalue weighted by Gasteiger charge is -2.20. The fourth-order valence-electron chi connectivity index (χ4n) is 6.74. The number of phosphoric ester groups is 1. The minimum Gasteiger partial charge on any atom is -0.462 e. The van der Waals surface area contributed by atoms with Gasteiger partial charge in [-0.15, -0.1) is 0 Å². The summed E-state index contributed by atoms with van der Waals surface area (Å²) >= 11 is 0. The maximum Gasteiger partial charge on any atom is 0.472 e. The van der Waals surface area contributed by atoms with Gasteiger partial charge in [-0.2, -0.15) is 0 Å². The Labute approximate surface area is 385 Å². The van der Waals surface area contributed by atoms with Gasteiger partial charge in [-0.3, -0.25) is 18.6 Å². The fourth-order valence-corrected chi connectivity index (χ4v) is 7.53. The second kappa shape index (κ2) is 47.6. The van der Waals surface area contributed by atoms with Crippen LogP contribution in [-0.2, 0) is 32.7 Å². The van der Waals surface area contributed by atoms with Crippen LogP contribution >= 0.6 is 7.82 Å². The lowest BCUT2D eigenvalue weighted by atomic mass is 10.0. The molecule has 3 N–H and O–H groups in total. The molecule has 366 valence electrons. The first-order chi connectivity index (χ1) is 30.7. The van der Waals surface area contributed by atoms with Crippen molar-refractivity contribution in [3.8, 4) is 0 Å². The zero-order chi connectivity index (χ0) is 46.2. The van der Waals surface area contributed by atoms with Gasteiger partial charge in [0, 0.05) is 12.8 Å². The highest BCUT2D eigenvalue weighted by atomic mass is 31.2. The van der Waals surface area contributed by atoms with Crippen LogP contribution in [0.4, 0.5) is 0 Å². The maximum atomic E-state index is 12.7. The second-order valence-corrected chi connectivity index (χ2v) is 18.3. The third kappa shape index (κ3) is 47.5. The van der Waals surface area contributed by atoms with Gasteiger partial charge in [0.1, 0.15) is 12.7 Å². The summed E-state index contributed by atoms with van der Waals surface area (Å²) in [6, 6.07) is 0. The van der Waals surface area contributed by atoms with Crippen LogP contribution < -0.4 is 0 Å². The maximum absolute atomic E-state index is 12.7. The molecule has 10 nitrogen and oxygen atoms in total. The van der Waals surface area contributed by atoms with Crippen LogP contribution in [0.25, 0.3) is 0 Å². The summed E-state index contributed by atoms with van der Waals surface area (Å²) in [6.07, 6.45) is 54.7. The summed E-state index contributed by atoms with van der Waals surface area (Å²) in [4.78, 5) is 35.2. The van der Waals surface area contributed by atoms with Gasteiger partial charge in [0.05, 0.1) is 19.8 Å². The number of hydrogen-bond acceptors (Lipinski definition) is 9. The van der Waals surface area contributed by atoms with Gasteiger partial charge >= 0.3 is 19.8 Å². The molecule has 0 amide bonds. The molecule has 0 rings (SSSR count). The number of phosphoric acid groups is 1. The molecule has 0 aliphatic carbocycles. The summed E-state index contributed by atoms with van der Waals surface area (Å²) in [5.74, 6) is -0.959. The van der Waals surface area contributed by atoms with Gasteiger partial charge in [0.25, 0.3) is 0 Å². The monoisotopic (exact) mass is 909 g/mol. The van der Waals surface area contributed by atoms with E-state index in [1.165, 1.54) is 122 Å². The summed E-state index contributed by atoms with van der Waals surface area (Å²) in [5, 5.41) is 18.4. The van der Waals surface area contributed by atoms with E-state index >= 15 is 0 Å². The Balaban J connectivity index is 4.25. The van der Waals surface area contributed by atoms with Crippen molar-refractivity contribution in [3.63, 3.8) is 0 Å². The predicted molar refractivity (Wildman–Crippen MR) is 260 cm³/mol. The van der Waals surface area contributed by atoms with Gasteiger partial charge in [-0.1, -0.05) is 184 Å². The summed E-state index contributed by atoms with van der Waals surface area (Å²) in [5.41, 5.74) is 0. The van der Waals surface area contributed by atoms with Crippen molar-refractivity contribution < 1.29 is 47.8 Å². The Morgan fingerprint density at radius 2 is 0.825 bits per heavy atom. The van der Waals surface area contributed by atoms with Gasteiger partial charge in [-0.25, -0.2) is 4.57 Å². The Morgan fingerprint density at radius 3 is 1.30 bits per heavy atom. The molecule has 0 saturated carbocycles. The van der Waals surface area contributed by atoms with Gasteiger partial charge in [-0.05, 0) is 83.5 Å². The molecule has 0 spiro atoms. The molecule has 63 heavy (non-hydrogen) atoms. The van der Waals surface area contributed by atoms with Crippen molar-refractivity contribution in [2.75, 3.05) is 26.4 Å². The molecule has 0 radical (unpaired) electrons. The third-order valence-electron chi connectivity index (χ3n) is 10.6. The Morgan fingerprint density at radius 1 is 0.476 bits per heavy atom. The Hall–Kier alpha value is -2.33. The van der Waals surface area contributed by atoms with E-state index in [1.807, 2.05) is 0 Å². The van der Waals surface area contributed by atoms with Crippen LogP contribution in [0.5, 0.6) is 0 Å². The molecule has 0 heterocycles. The van der Waals surface area contributed by atoms with E-state index in [1.54, 1.807) is 0 Å². The van der Waals surface area contributed by atoms with Crippen molar-refractivity contribution in [1.82, 2.24) is 0 Å². The highest BCUT2D eigenvalue weighted by Crippen LogP contribution is 2.43. The van der Waals surface area contributed by atoms with E-state index in [-0.39, 0.29) is 19.4 Å². The smallest absolute Gasteiger partial charge is 0.462 e. The molecule has 0 aliphatic rings. The van der Waals surface area contributed by atoms with Crippen LogP contribution in [0.3, 0.4) is 0 Å². The van der Waals surface area contributed by atoms with Crippen LogP contribution in [0.2, 0.25) is 0 Å². The number of carbonyl (C=O) groups is 2. The lowest BCUT2D eigenvalue weighted by molar-refractivity contribution is -0.161. The van der Waals surface area contributed by atoms with Crippen molar-refractivity contribution >= 4 is 19.8 Å². The molecule has 0 aliphatic heterocycles. The van der Waals surface area contributed by atoms with Crippen molar-refractivity contribution in [2.45, 2.75) is 232 Å². The molecular formula is C52H93O10P. The van der Waals surface area contributed by atoms with Crippen molar-refractivity contribution in [2.24, 2.45) is 0 Å². The Bertz CT molecular complexity index is 1230. The highest BCUT2D eigenvalue weighted by Gasteiger charge is 2.27. The van der Waals surface area contributed by atoms with Gasteiger partial charge in [0.15, 0.2) is 6.10 Å². The van der Waals surface area contributed by atoms with Crippen molar-refractivity contribution in [3.05, 3.63) is 60.8 Å². The standard InChI is InChI=1S/C52H93O10P/c1-3-5-7-9-11-13-15-17-19-21-23-24-26-28-30-32-34-36-38-40-42-44-52(56)62-50(48-61-63(57,58)60-46-49(54)45-53)47-59-51(55)43-41-39-37-35-33-31-29-27-25-22-20-18-16-14-12-10-8-6-4-2/h12,14,17-20,25,27,31,33,49-50,53-54H,3-11,13,15-16,21-24,26,28-30,32,34-48H2,1-2H3,(H,57,58)/b14-12+,19-17+,20-18+,27-25+,33-31+/t49-,50+/m0/s1. The molecule has 11 heteroatoms. The largest absolute Gasteiger partial charge is 0.472 e. The first kappa shape index (κ1) is 60.7. The average Bonchev–Trinajstić information content (AvgIpc) is 3.27. The molecule has 1 unspecified atom stereocenters. The number of carbonyl (C=O) groups excluding carboxylic acids is 2. The van der Waals surface area contributed by atoms with E-state index in [9.17, 15) is 24.2 Å². The van der Waals surface area contributed by atoms with Crippen LogP contribution in [-0.4, -0.2) is 65.7 Å². The quantitative estimate of drug-likeness (QED) is 0.0233. The van der Waals surface area contributed by atoms with Gasteiger partial charge in [0.2, 0.25) is 0 Å². The SMILES string of the molecule is CCCCC/C=C/C/C=C/C/C=C/C/C=C/CCCCCC(=O)OC[C@H](COP(=O)(O)OC[C@@H](O)CO)OC(=O)CCCCCCCCCCCCC/C=C/CCCCCCCC. The number of allylic oxidation sites excluding steroid dienone is 10. The topological polar surface area (TPSA) is 149 Å². The number of hydrogen-bond donors (Lipinski definition) is 3. The molecule has 0 saturated heterocycles. The third-order valence-corrected chi connectivity index (χ3v) is 11.6. The van der Waals surface area contributed by atoms with E-state index in [0.717, 1.165) is 57.8 Å². The average molecular weight is 909 g/mol. The number of rotatable bonds is 47. The number of unbranched alkanes of at least 4 members (excludes halogenated alkanes) is 23. The van der Waals surface area contributed by atoms with Gasteiger partial charge < -0.3 is 24.6 Å². The zero-order valence-corrected chi connectivity index (χ0v) is 40.9. The predicted octanol–water partition coefficient (Wildman–Crippen LogP) is 14.2. The molecular weight excluding hydrogens is 816 g/mol. The summed E-state index contributed by atoms with van der Waals surface area (Å²) < 4.78 is 32.8. The van der Waals surface area contributed by atoms with E-state index in [2.05, 4.69) is 74.6 Å². The molecule has 0 aromatic heterocycles. The minimum absolute atomic E-state index is 0.175. The highest BCUT2D eigenvalue weighted by molar-refractivity contribution is 7.47. The molecule has 0 fully saturated rings. The van der Waals surface area contributed by atoms with E-state index < -0.39 is 51.8 Å². The van der Waals surface area contributed by atoms with E-state index in [0.29, 0.717) is 12.8 Å². The number of aliphatic hydroxyl groups excluding tert-OH is 2. The number of aliphatic hydroxyl groups is 2. The second-order valence-electron chi connectivity index (χ2n) is 16.8. The number of ether oxygens (including phenoxy) is 2. The minimum atomic E-state index is -4.63. The molecule has 0 aromatic rings. The van der Waals surface area contributed by atoms with E-state index in [4.69, 9.17) is 23.6 Å². The normalized spacial score (nSPS) is 14.2. The zero-order valence-electron chi connectivity index (χ0n) is 40.0. The molecule has 3 atom stereocenters. The molecule has 0 aromatic carbocycles. The summed E-state index contributed by atoms with van der Waals surface area (Å²) in [7, 11) is -4.63. The molecule has 0 bridgehead atoms. The van der Waals surface area contributed by atoms with Crippen molar-refractivity contribution in [1.29, 1.82) is 0 Å². The first-order valence-electron chi connectivity index (χ1n) is 25.2.